The lowest BCUT2D eigenvalue weighted by Gasteiger charge is -2.43. The number of aromatic nitrogens is 2. The number of hydrogen-bond acceptors (Lipinski definition) is 4. The number of thiophene rings is 1. The first kappa shape index (κ1) is 40.9. The van der Waals surface area contributed by atoms with Gasteiger partial charge in [0.2, 0.25) is 5.89 Å². The largest absolute Gasteiger partial charge is 0.436 e. The summed E-state index contributed by atoms with van der Waals surface area (Å²) in [6, 6.07) is 53.2. The van der Waals surface area contributed by atoms with Gasteiger partial charge < -0.3 is 13.8 Å². The van der Waals surface area contributed by atoms with Crippen LogP contribution < -0.4 is 15.7 Å². The highest BCUT2D eigenvalue weighted by atomic mass is 32.1. The monoisotopic (exact) mass is 923 g/mol. The summed E-state index contributed by atoms with van der Waals surface area (Å²) in [5.74, 6) is 0.643. The van der Waals surface area contributed by atoms with E-state index in [0.29, 0.717) is 5.89 Å². The van der Waals surface area contributed by atoms with E-state index in [2.05, 4.69) is 211 Å². The van der Waals surface area contributed by atoms with Crippen LogP contribution >= 0.6 is 11.3 Å². The van der Waals surface area contributed by atoms with Gasteiger partial charge >= 0.3 is 6.85 Å². The molecule has 0 saturated carbocycles. The smallest absolute Gasteiger partial charge is 0.333 e. The van der Waals surface area contributed by atoms with Crippen LogP contribution in [0.4, 0.5) is 11.4 Å². The van der Waals surface area contributed by atoms with Crippen molar-refractivity contribution in [1.29, 1.82) is 0 Å². The maximum Gasteiger partial charge on any atom is 0.333 e. The van der Waals surface area contributed by atoms with Crippen molar-refractivity contribution in [2.24, 2.45) is 0 Å². The third-order valence-electron chi connectivity index (χ3n) is 17.4. The van der Waals surface area contributed by atoms with Crippen LogP contribution in [-0.2, 0) is 21.7 Å². The fraction of sp³-hybridized carbons (Fsp3) is 0.234. The van der Waals surface area contributed by atoms with Crippen molar-refractivity contribution in [3.05, 3.63) is 167 Å². The van der Waals surface area contributed by atoms with Crippen molar-refractivity contribution >= 4 is 93.6 Å². The first-order chi connectivity index (χ1) is 33.6. The Kier molecular flexibility index (Phi) is 7.78. The lowest BCUT2D eigenvalue weighted by molar-refractivity contribution is 0.332. The summed E-state index contributed by atoms with van der Waals surface area (Å²) >= 11 is 1.92. The van der Waals surface area contributed by atoms with Gasteiger partial charge in [-0.15, -0.1) is 11.3 Å². The van der Waals surface area contributed by atoms with Crippen molar-refractivity contribution in [3.63, 3.8) is 0 Å². The Labute approximate surface area is 413 Å². The van der Waals surface area contributed by atoms with Crippen LogP contribution in [0.3, 0.4) is 0 Å². The molecule has 0 fully saturated rings. The van der Waals surface area contributed by atoms with Crippen molar-refractivity contribution in [1.82, 2.24) is 9.55 Å². The van der Waals surface area contributed by atoms with E-state index in [1.54, 1.807) is 0 Å². The molecule has 6 heteroatoms. The standard InChI is InChI=1S/C64H54BN3OS/c1-61(2,3)36-23-25-37(26-24-36)68-49-30-40-38-19-14-16-22-52(38)70-53(40)31-42(49)55-54-39-20-13-15-21-43(39)64(8,9)57(54)56-41-29-44-45(63(6,7)28-27-62(44,4)5)32-48(41)67-50-34-51-47(33-46(50)65(68)58(55)59(56)67)66-60(69-51)35-17-11-10-12-18-35/h10-26,29-34H,27-28H2,1-9H3. The number of rotatable bonds is 2. The fourth-order valence-corrected chi connectivity index (χ4v) is 14.8. The number of hydrogen-bond donors (Lipinski definition) is 0. The number of oxazole rings is 1. The Morgan fingerprint density at radius 1 is 0.629 bits per heavy atom. The molecule has 8 aromatic carbocycles. The molecule has 0 radical (unpaired) electrons. The third kappa shape index (κ3) is 5.20. The minimum Gasteiger partial charge on any atom is -0.436 e. The molecule has 2 aliphatic carbocycles. The van der Waals surface area contributed by atoms with E-state index < -0.39 is 0 Å². The highest BCUT2D eigenvalue weighted by molar-refractivity contribution is 7.25. The van der Waals surface area contributed by atoms with Gasteiger partial charge in [-0.25, -0.2) is 4.98 Å². The quantitative estimate of drug-likeness (QED) is 0.162. The molecule has 4 aliphatic rings. The molecule has 2 aliphatic heterocycles. The molecule has 0 spiro atoms. The van der Waals surface area contributed by atoms with Crippen LogP contribution in [0, 0.1) is 0 Å². The summed E-state index contributed by atoms with van der Waals surface area (Å²) in [4.78, 5) is 8.01. The van der Waals surface area contributed by atoms with Gasteiger partial charge in [-0.3, -0.25) is 0 Å². The number of benzene rings is 8. The average molecular weight is 924 g/mol. The Bertz CT molecular complexity index is 4140. The van der Waals surface area contributed by atoms with Crippen molar-refractivity contribution in [2.45, 2.75) is 96.8 Å². The predicted octanol–water partition coefficient (Wildman–Crippen LogP) is 16.2. The minimum absolute atomic E-state index is 0.00922. The zero-order chi connectivity index (χ0) is 47.5. The molecule has 0 atom stereocenters. The minimum atomic E-state index is -0.276. The second kappa shape index (κ2) is 13.3. The van der Waals surface area contributed by atoms with Crippen LogP contribution in [0.1, 0.15) is 103 Å². The normalized spacial score (nSPS) is 16.8. The zero-order valence-electron chi connectivity index (χ0n) is 41.4. The average Bonchev–Trinajstić information content (AvgIpc) is 4.09. The van der Waals surface area contributed by atoms with Gasteiger partial charge in [0.15, 0.2) is 5.58 Å². The first-order valence-electron chi connectivity index (χ1n) is 25.3. The summed E-state index contributed by atoms with van der Waals surface area (Å²) < 4.78 is 12.2. The van der Waals surface area contributed by atoms with Crippen molar-refractivity contribution < 1.29 is 4.42 Å². The molecule has 3 aromatic heterocycles. The molecule has 5 heterocycles. The highest BCUT2D eigenvalue weighted by Gasteiger charge is 2.51. The van der Waals surface area contributed by atoms with Gasteiger partial charge in [0.1, 0.15) is 5.52 Å². The van der Waals surface area contributed by atoms with E-state index in [1.165, 1.54) is 114 Å². The molecular weight excluding hydrogens is 870 g/mol. The maximum atomic E-state index is 6.86. The maximum absolute atomic E-state index is 6.86. The lowest BCUT2D eigenvalue weighted by Crippen LogP contribution is -2.60. The second-order valence-electron chi connectivity index (χ2n) is 23.7. The topological polar surface area (TPSA) is 34.2 Å². The summed E-state index contributed by atoms with van der Waals surface area (Å²) in [7, 11) is 0. The number of fused-ring (bicyclic) bond motifs is 18. The Balaban J connectivity index is 1.18. The van der Waals surface area contributed by atoms with Gasteiger partial charge in [-0.2, -0.15) is 0 Å². The van der Waals surface area contributed by atoms with Crippen LogP contribution in [0.25, 0.3) is 92.5 Å². The van der Waals surface area contributed by atoms with Crippen LogP contribution in [-0.4, -0.2) is 16.4 Å². The van der Waals surface area contributed by atoms with Crippen molar-refractivity contribution in [3.8, 4) is 39.4 Å². The Morgan fingerprint density at radius 2 is 1.34 bits per heavy atom. The number of nitrogens with zero attached hydrogens (tertiary/aromatic N) is 3. The molecule has 0 unspecified atom stereocenters. The molecule has 340 valence electrons. The van der Waals surface area contributed by atoms with E-state index in [0.717, 1.165) is 35.2 Å². The number of anilines is 2. The summed E-state index contributed by atoms with van der Waals surface area (Å²) in [5, 5.41) is 5.35. The molecule has 0 N–H and O–H groups in total. The van der Waals surface area contributed by atoms with Crippen LogP contribution in [0.15, 0.2) is 144 Å². The SMILES string of the molecule is CC(C)(C)c1ccc(N2B3c4cc5nc(-c6ccccc6)oc5cc4-n4c5cc6c(cc5c5c7c(c(c3c54)-c3cc4sc5ccccc5c4cc32)-c2ccccc2C7(C)C)C(C)(C)CCC6(C)C)cc1. The van der Waals surface area contributed by atoms with Gasteiger partial charge in [0.25, 0.3) is 0 Å². The van der Waals surface area contributed by atoms with Crippen molar-refractivity contribution in [2.75, 3.05) is 4.81 Å². The molecule has 4 nitrogen and oxygen atoms in total. The van der Waals surface area contributed by atoms with Gasteiger partial charge in [-0.05, 0) is 145 Å². The lowest BCUT2D eigenvalue weighted by atomic mass is 9.43. The van der Waals surface area contributed by atoms with E-state index in [-0.39, 0.29) is 28.5 Å². The van der Waals surface area contributed by atoms with Gasteiger partial charge in [0.05, 0.1) is 11.0 Å². The molecule has 0 amide bonds. The Morgan fingerprint density at radius 3 is 2.11 bits per heavy atom. The molecular formula is C64H54BN3OS. The van der Waals surface area contributed by atoms with E-state index in [1.807, 2.05) is 11.3 Å². The zero-order valence-corrected chi connectivity index (χ0v) is 42.2. The van der Waals surface area contributed by atoms with E-state index in [9.17, 15) is 0 Å². The molecule has 0 bridgehead atoms. The van der Waals surface area contributed by atoms with Crippen LogP contribution in [0.5, 0.6) is 0 Å². The third-order valence-corrected chi connectivity index (χ3v) is 18.5. The van der Waals surface area contributed by atoms with Gasteiger partial charge in [0, 0.05) is 70.6 Å². The molecule has 0 saturated heterocycles. The summed E-state index contributed by atoms with van der Waals surface area (Å²) in [5.41, 5.74) is 23.8. The highest BCUT2D eigenvalue weighted by Crippen LogP contribution is 2.60. The van der Waals surface area contributed by atoms with Gasteiger partial charge in [-0.1, -0.05) is 135 Å². The first-order valence-corrected chi connectivity index (χ1v) is 26.1. The summed E-state index contributed by atoms with van der Waals surface area (Å²) in [6.45, 7) is 21.6. The van der Waals surface area contributed by atoms with Crippen LogP contribution in [0.2, 0.25) is 0 Å². The molecule has 11 aromatic rings. The van der Waals surface area contributed by atoms with E-state index in [4.69, 9.17) is 9.40 Å². The van der Waals surface area contributed by atoms with E-state index >= 15 is 0 Å². The summed E-state index contributed by atoms with van der Waals surface area (Å²) in [6.07, 6.45) is 2.31. The predicted molar refractivity (Wildman–Crippen MR) is 297 cm³/mol. The molecule has 70 heavy (non-hydrogen) atoms. The Hall–Kier alpha value is -6.89. The second-order valence-corrected chi connectivity index (χ2v) is 24.8. The molecule has 15 rings (SSSR count). The fourth-order valence-electron chi connectivity index (χ4n) is 13.7.